The van der Waals surface area contributed by atoms with E-state index in [1.54, 1.807) is 6.20 Å². The van der Waals surface area contributed by atoms with Crippen molar-refractivity contribution in [3.05, 3.63) is 11.1 Å². The van der Waals surface area contributed by atoms with Gasteiger partial charge in [-0.3, -0.25) is 4.79 Å². The van der Waals surface area contributed by atoms with Gasteiger partial charge in [0.2, 0.25) is 5.91 Å². The molecule has 5 nitrogen and oxygen atoms in total. The van der Waals surface area contributed by atoms with Crippen molar-refractivity contribution in [1.82, 2.24) is 4.98 Å². The van der Waals surface area contributed by atoms with Gasteiger partial charge in [0, 0.05) is 24.3 Å². The second-order valence-electron chi connectivity index (χ2n) is 4.04. The Labute approximate surface area is 103 Å². The van der Waals surface area contributed by atoms with Crippen molar-refractivity contribution < 1.29 is 9.53 Å². The van der Waals surface area contributed by atoms with Crippen LogP contribution >= 0.6 is 11.3 Å². The number of hydrogen-bond donors (Lipinski definition) is 1. The number of carbonyl (C=O) groups excluding carboxylic acids is 1. The van der Waals surface area contributed by atoms with Gasteiger partial charge >= 0.3 is 0 Å². The first-order chi connectivity index (χ1) is 8.16. The van der Waals surface area contributed by atoms with E-state index in [9.17, 15) is 10.1 Å². The van der Waals surface area contributed by atoms with Crippen molar-refractivity contribution in [2.45, 2.75) is 19.8 Å². The lowest BCUT2D eigenvalue weighted by Crippen LogP contribution is -2.39. The largest absolute Gasteiger partial charge is 0.381 e. The van der Waals surface area contributed by atoms with Crippen molar-refractivity contribution in [3.63, 3.8) is 0 Å². The molecule has 1 aliphatic rings. The second-order valence-corrected chi connectivity index (χ2v) is 5.27. The van der Waals surface area contributed by atoms with Crippen molar-refractivity contribution in [2.75, 3.05) is 18.5 Å². The summed E-state index contributed by atoms with van der Waals surface area (Å²) in [5.41, 5.74) is -0.960. The molecule has 0 saturated carbocycles. The van der Waals surface area contributed by atoms with E-state index in [0.29, 0.717) is 31.2 Å². The fraction of sp³-hybridized carbons (Fsp3) is 0.545. The fourth-order valence-electron chi connectivity index (χ4n) is 1.74. The fourth-order valence-corrected chi connectivity index (χ4v) is 2.40. The molecule has 1 saturated heterocycles. The van der Waals surface area contributed by atoms with Crippen LogP contribution in [0.3, 0.4) is 0 Å². The highest BCUT2D eigenvalue weighted by atomic mass is 32.1. The monoisotopic (exact) mass is 251 g/mol. The second kappa shape index (κ2) is 4.82. The molecule has 17 heavy (non-hydrogen) atoms. The number of anilines is 1. The Kier molecular flexibility index (Phi) is 3.41. The third-order valence-electron chi connectivity index (χ3n) is 2.84. The molecule has 2 rings (SSSR count). The van der Waals surface area contributed by atoms with Gasteiger partial charge in [-0.15, -0.1) is 11.3 Å². The van der Waals surface area contributed by atoms with Gasteiger partial charge in [0.25, 0.3) is 0 Å². The molecule has 1 aromatic heterocycles. The predicted molar refractivity (Wildman–Crippen MR) is 63.6 cm³/mol. The SMILES string of the molecule is Cc1cnc(NC(=O)C2(C#N)CCOCC2)s1. The molecule has 1 aromatic rings. The van der Waals surface area contributed by atoms with E-state index in [2.05, 4.69) is 16.4 Å². The topological polar surface area (TPSA) is 75.0 Å². The summed E-state index contributed by atoms with van der Waals surface area (Å²) >= 11 is 1.41. The van der Waals surface area contributed by atoms with Gasteiger partial charge in [-0.2, -0.15) is 5.26 Å². The first kappa shape index (κ1) is 12.0. The van der Waals surface area contributed by atoms with Crippen molar-refractivity contribution >= 4 is 22.4 Å². The molecule has 0 aliphatic carbocycles. The molecule has 1 amide bonds. The van der Waals surface area contributed by atoms with Crippen LogP contribution < -0.4 is 5.32 Å². The first-order valence-electron chi connectivity index (χ1n) is 5.39. The van der Waals surface area contributed by atoms with Crippen molar-refractivity contribution in [3.8, 4) is 6.07 Å². The van der Waals surface area contributed by atoms with Crippen LogP contribution in [0.25, 0.3) is 0 Å². The van der Waals surface area contributed by atoms with Crippen molar-refractivity contribution in [1.29, 1.82) is 5.26 Å². The maximum absolute atomic E-state index is 12.1. The number of aryl methyl sites for hydroxylation is 1. The quantitative estimate of drug-likeness (QED) is 0.868. The summed E-state index contributed by atoms with van der Waals surface area (Å²) in [6.07, 6.45) is 2.59. The molecule has 0 aromatic carbocycles. The minimum atomic E-state index is -0.960. The van der Waals surface area contributed by atoms with Gasteiger partial charge in [-0.05, 0) is 19.8 Å². The van der Waals surface area contributed by atoms with Gasteiger partial charge in [-0.1, -0.05) is 0 Å². The third kappa shape index (κ3) is 2.46. The van der Waals surface area contributed by atoms with Gasteiger partial charge < -0.3 is 10.1 Å². The van der Waals surface area contributed by atoms with Crippen molar-refractivity contribution in [2.24, 2.45) is 5.41 Å². The van der Waals surface area contributed by atoms with Crippen LogP contribution in [-0.2, 0) is 9.53 Å². The minimum Gasteiger partial charge on any atom is -0.381 e. The van der Waals surface area contributed by atoms with E-state index in [0.717, 1.165) is 4.88 Å². The lowest BCUT2D eigenvalue weighted by Gasteiger charge is -2.28. The average molecular weight is 251 g/mol. The van der Waals surface area contributed by atoms with Crippen LogP contribution in [0.1, 0.15) is 17.7 Å². The molecule has 90 valence electrons. The molecule has 0 bridgehead atoms. The highest BCUT2D eigenvalue weighted by Gasteiger charge is 2.40. The minimum absolute atomic E-state index is 0.266. The van der Waals surface area contributed by atoms with Crippen LogP contribution in [0.15, 0.2) is 6.20 Å². The van der Waals surface area contributed by atoms with E-state index in [1.807, 2.05) is 6.92 Å². The van der Waals surface area contributed by atoms with E-state index < -0.39 is 5.41 Å². The Bertz CT molecular complexity index is 458. The Hall–Kier alpha value is -1.45. The zero-order chi connectivity index (χ0) is 12.3. The van der Waals surface area contributed by atoms with E-state index >= 15 is 0 Å². The summed E-state index contributed by atoms with van der Waals surface area (Å²) in [6, 6.07) is 2.13. The summed E-state index contributed by atoms with van der Waals surface area (Å²) < 4.78 is 5.19. The summed E-state index contributed by atoms with van der Waals surface area (Å²) in [6.45, 7) is 2.83. The average Bonchev–Trinajstić information content (AvgIpc) is 2.75. The number of thiazole rings is 1. The number of hydrogen-bond acceptors (Lipinski definition) is 5. The number of nitriles is 1. The number of rotatable bonds is 2. The summed E-state index contributed by atoms with van der Waals surface area (Å²) in [5, 5.41) is 12.5. The normalized spacial score (nSPS) is 18.4. The van der Waals surface area contributed by atoms with Crippen LogP contribution in [-0.4, -0.2) is 24.1 Å². The molecule has 1 N–H and O–H groups in total. The number of nitrogens with zero attached hydrogens (tertiary/aromatic N) is 2. The Morgan fingerprint density at radius 2 is 2.35 bits per heavy atom. The molecule has 0 spiro atoms. The third-order valence-corrected chi connectivity index (χ3v) is 3.66. The molecule has 6 heteroatoms. The lowest BCUT2D eigenvalue weighted by atomic mass is 9.81. The van der Waals surface area contributed by atoms with E-state index in [1.165, 1.54) is 11.3 Å². The number of ether oxygens (including phenoxy) is 1. The molecule has 1 aliphatic heterocycles. The van der Waals surface area contributed by atoms with Gasteiger partial charge in [0.1, 0.15) is 5.41 Å². The van der Waals surface area contributed by atoms with Crippen LogP contribution in [0, 0.1) is 23.7 Å². The number of aromatic nitrogens is 1. The molecule has 0 unspecified atom stereocenters. The Morgan fingerprint density at radius 1 is 1.65 bits per heavy atom. The van der Waals surface area contributed by atoms with Crippen LogP contribution in [0.5, 0.6) is 0 Å². The smallest absolute Gasteiger partial charge is 0.246 e. The van der Waals surface area contributed by atoms with E-state index in [4.69, 9.17) is 4.74 Å². The van der Waals surface area contributed by atoms with Gasteiger partial charge in [0.05, 0.1) is 6.07 Å². The molecule has 0 atom stereocenters. The number of amides is 1. The number of nitrogens with one attached hydrogen (secondary N) is 1. The van der Waals surface area contributed by atoms with Gasteiger partial charge in [-0.25, -0.2) is 4.98 Å². The lowest BCUT2D eigenvalue weighted by molar-refractivity contribution is -0.126. The highest BCUT2D eigenvalue weighted by Crippen LogP contribution is 2.31. The Morgan fingerprint density at radius 3 is 2.88 bits per heavy atom. The first-order valence-corrected chi connectivity index (χ1v) is 6.21. The molecule has 1 fully saturated rings. The maximum Gasteiger partial charge on any atom is 0.246 e. The molecular formula is C11H13N3O2S. The van der Waals surface area contributed by atoms with Crippen LogP contribution in [0.2, 0.25) is 0 Å². The summed E-state index contributed by atoms with van der Waals surface area (Å²) in [4.78, 5) is 17.2. The molecule has 0 radical (unpaired) electrons. The van der Waals surface area contributed by atoms with E-state index in [-0.39, 0.29) is 5.91 Å². The van der Waals surface area contributed by atoms with Crippen LogP contribution in [0.4, 0.5) is 5.13 Å². The highest BCUT2D eigenvalue weighted by molar-refractivity contribution is 7.15. The standard InChI is InChI=1S/C11H13N3O2S/c1-8-6-13-10(17-8)14-9(15)11(7-12)2-4-16-5-3-11/h6H,2-5H2,1H3,(H,13,14,15). The summed E-state index contributed by atoms with van der Waals surface area (Å²) in [7, 11) is 0. The predicted octanol–water partition coefficient (Wildman–Crippen LogP) is 1.71. The van der Waals surface area contributed by atoms with Gasteiger partial charge in [0.15, 0.2) is 5.13 Å². The summed E-state index contributed by atoms with van der Waals surface area (Å²) in [5.74, 6) is -0.266. The zero-order valence-corrected chi connectivity index (χ0v) is 10.3. The zero-order valence-electron chi connectivity index (χ0n) is 9.52. The Balaban J connectivity index is 2.10. The number of carbonyl (C=O) groups is 1. The maximum atomic E-state index is 12.1. The molecule has 2 heterocycles. The molecular weight excluding hydrogens is 238 g/mol.